The highest BCUT2D eigenvalue weighted by Crippen LogP contribution is 2.17. The molecule has 0 rings (SSSR count). The number of rotatable bonds is 48. The van der Waals surface area contributed by atoms with Gasteiger partial charge in [0.2, 0.25) is 5.91 Å². The molecule has 65 heavy (non-hydrogen) atoms. The average Bonchev–Trinajstić information content (AvgIpc) is 3.30. The number of carbonyl (C=O) groups excluding carboxylic acids is 2. The number of hydrogen-bond acceptors (Lipinski definition) is 5. The minimum atomic E-state index is -0.808. The highest BCUT2D eigenvalue weighted by atomic mass is 16.5. The summed E-state index contributed by atoms with van der Waals surface area (Å²) in [6, 6.07) is -0.725. The summed E-state index contributed by atoms with van der Waals surface area (Å²) in [4.78, 5) is 26.2. The maximum Gasteiger partial charge on any atom is 0.306 e. The van der Waals surface area contributed by atoms with Crippen LogP contribution in [0.2, 0.25) is 0 Å². The van der Waals surface area contributed by atoms with Crippen LogP contribution in [0.3, 0.4) is 0 Å². The first-order chi connectivity index (χ1) is 32.0. The van der Waals surface area contributed by atoms with Crippen molar-refractivity contribution in [2.45, 2.75) is 270 Å². The molecular weight excluding hydrogens is 803 g/mol. The van der Waals surface area contributed by atoms with E-state index in [1.165, 1.54) is 103 Å². The number of allylic oxidation sites excluding steroid dienone is 14. The number of hydrogen-bond donors (Lipinski definition) is 3. The molecule has 0 aliphatic heterocycles. The van der Waals surface area contributed by atoms with Gasteiger partial charge in [-0.3, -0.25) is 9.59 Å². The van der Waals surface area contributed by atoms with E-state index < -0.39 is 18.2 Å². The van der Waals surface area contributed by atoms with E-state index in [2.05, 4.69) is 105 Å². The van der Waals surface area contributed by atoms with Crippen molar-refractivity contribution < 1.29 is 24.5 Å². The lowest BCUT2D eigenvalue weighted by Crippen LogP contribution is -2.46. The molecule has 0 bridgehead atoms. The van der Waals surface area contributed by atoms with Crippen molar-refractivity contribution >= 4 is 11.9 Å². The van der Waals surface area contributed by atoms with Crippen LogP contribution in [0, 0.1) is 0 Å². The van der Waals surface area contributed by atoms with Crippen LogP contribution in [0.25, 0.3) is 0 Å². The third kappa shape index (κ3) is 47.3. The molecule has 0 fully saturated rings. The quantitative estimate of drug-likeness (QED) is 0.0321. The molecule has 3 N–H and O–H groups in total. The van der Waals surface area contributed by atoms with Crippen LogP contribution < -0.4 is 5.32 Å². The van der Waals surface area contributed by atoms with Gasteiger partial charge in [-0.2, -0.15) is 0 Å². The molecule has 6 heteroatoms. The molecule has 374 valence electrons. The molecule has 3 unspecified atom stereocenters. The number of aliphatic hydroxyl groups is 2. The van der Waals surface area contributed by atoms with E-state index in [0.717, 1.165) is 96.3 Å². The van der Waals surface area contributed by atoms with E-state index in [0.29, 0.717) is 19.3 Å². The van der Waals surface area contributed by atoms with Gasteiger partial charge in [0.05, 0.1) is 25.2 Å². The van der Waals surface area contributed by atoms with Crippen LogP contribution in [0.4, 0.5) is 0 Å². The van der Waals surface area contributed by atoms with Gasteiger partial charge in [0.15, 0.2) is 0 Å². The lowest BCUT2D eigenvalue weighted by Gasteiger charge is -2.24. The Labute approximate surface area is 402 Å². The van der Waals surface area contributed by atoms with Gasteiger partial charge in [-0.1, -0.05) is 234 Å². The Balaban J connectivity index is 4.70. The summed E-state index contributed by atoms with van der Waals surface area (Å²) in [5, 5.41) is 23.8. The van der Waals surface area contributed by atoms with Crippen LogP contribution in [0.1, 0.15) is 252 Å². The molecule has 0 spiro atoms. The van der Waals surface area contributed by atoms with E-state index in [-0.39, 0.29) is 31.3 Å². The second-order valence-electron chi connectivity index (χ2n) is 18.2. The molecular formula is C59H103NO5. The average molecular weight is 906 g/mol. The summed E-state index contributed by atoms with van der Waals surface area (Å²) in [7, 11) is 0. The van der Waals surface area contributed by atoms with Crippen molar-refractivity contribution in [1.29, 1.82) is 0 Å². The van der Waals surface area contributed by atoms with Crippen molar-refractivity contribution in [3.8, 4) is 0 Å². The fourth-order valence-electron chi connectivity index (χ4n) is 7.86. The fourth-order valence-corrected chi connectivity index (χ4v) is 7.86. The van der Waals surface area contributed by atoms with Crippen LogP contribution in [-0.4, -0.2) is 46.9 Å². The first kappa shape index (κ1) is 62.0. The van der Waals surface area contributed by atoms with Gasteiger partial charge < -0.3 is 20.3 Å². The minimum Gasteiger partial charge on any atom is -0.462 e. The van der Waals surface area contributed by atoms with Gasteiger partial charge in [-0.15, -0.1) is 0 Å². The Kier molecular flexibility index (Phi) is 49.6. The summed E-state index contributed by atoms with van der Waals surface area (Å²) in [5.74, 6) is -0.587. The molecule has 0 aliphatic carbocycles. The van der Waals surface area contributed by atoms with Crippen molar-refractivity contribution in [3.63, 3.8) is 0 Å². The zero-order valence-electron chi connectivity index (χ0n) is 42.6. The summed E-state index contributed by atoms with van der Waals surface area (Å²) in [5.41, 5.74) is 0. The SMILES string of the molecule is CC/C=C/C/C=C/C/C=C/C/C=C/C/C=C/CCC(=O)OC(CCCCCCC/C=C\C/C=C\CCCCC)CC(=O)NC(CO)C(O)CCCCCCCCCCCCCCCCC. The predicted octanol–water partition coefficient (Wildman–Crippen LogP) is 16.7. The zero-order chi connectivity index (χ0) is 47.4. The Morgan fingerprint density at radius 3 is 1.29 bits per heavy atom. The van der Waals surface area contributed by atoms with Crippen LogP contribution >= 0.6 is 0 Å². The molecule has 0 aromatic rings. The van der Waals surface area contributed by atoms with Gasteiger partial charge >= 0.3 is 5.97 Å². The Morgan fingerprint density at radius 1 is 0.462 bits per heavy atom. The maximum atomic E-state index is 13.2. The first-order valence-electron chi connectivity index (χ1n) is 27.3. The van der Waals surface area contributed by atoms with Gasteiger partial charge in [-0.25, -0.2) is 0 Å². The number of unbranched alkanes of at least 4 members (excludes halogenated alkanes) is 22. The Hall–Kier alpha value is -2.96. The monoisotopic (exact) mass is 906 g/mol. The smallest absolute Gasteiger partial charge is 0.306 e. The summed E-state index contributed by atoms with van der Waals surface area (Å²) in [6.07, 6.45) is 67.9. The predicted molar refractivity (Wildman–Crippen MR) is 282 cm³/mol. The molecule has 0 heterocycles. The van der Waals surface area contributed by atoms with E-state index in [1.807, 2.05) is 6.08 Å². The number of ether oxygens (including phenoxy) is 1. The van der Waals surface area contributed by atoms with Gasteiger partial charge in [0.1, 0.15) is 6.10 Å². The normalized spacial score (nSPS) is 13.9. The molecule has 0 aromatic heterocycles. The molecule has 0 aliphatic rings. The fraction of sp³-hybridized carbons (Fsp3) is 0.729. The van der Waals surface area contributed by atoms with Crippen LogP contribution in [0.15, 0.2) is 85.1 Å². The topological polar surface area (TPSA) is 95.9 Å². The van der Waals surface area contributed by atoms with Crippen molar-refractivity contribution in [2.24, 2.45) is 0 Å². The largest absolute Gasteiger partial charge is 0.462 e. The number of carbonyl (C=O) groups is 2. The molecule has 3 atom stereocenters. The third-order valence-electron chi connectivity index (χ3n) is 12.0. The molecule has 6 nitrogen and oxygen atoms in total. The highest BCUT2D eigenvalue weighted by molar-refractivity contribution is 5.77. The number of esters is 1. The van der Waals surface area contributed by atoms with Crippen molar-refractivity contribution in [2.75, 3.05) is 6.61 Å². The lowest BCUT2D eigenvalue weighted by molar-refractivity contribution is -0.150. The van der Waals surface area contributed by atoms with Crippen molar-refractivity contribution in [3.05, 3.63) is 85.1 Å². The molecule has 0 radical (unpaired) electrons. The van der Waals surface area contributed by atoms with E-state index in [4.69, 9.17) is 4.74 Å². The van der Waals surface area contributed by atoms with E-state index in [9.17, 15) is 19.8 Å². The van der Waals surface area contributed by atoms with Crippen LogP contribution in [-0.2, 0) is 14.3 Å². The van der Waals surface area contributed by atoms with Gasteiger partial charge in [0.25, 0.3) is 0 Å². The van der Waals surface area contributed by atoms with E-state index >= 15 is 0 Å². The molecule has 0 saturated heterocycles. The standard InChI is InChI=1S/C59H103NO5/c1-4-7-10-13-16-19-22-25-28-31-34-37-40-43-46-49-52-59(64)65-55(50-47-44-41-38-35-32-29-26-23-20-17-14-11-8-5-2)53-58(63)60-56(54-61)57(62)51-48-45-42-39-36-33-30-27-24-21-18-15-12-9-6-3/h7,10,16-17,19-20,25-26,28-29,34,37,43,46,55-57,61-62H,4-6,8-9,11-15,18,21-24,27,30-33,35-36,38-42,44-45,47-54H2,1-3H3,(H,60,63)/b10-7+,19-16+,20-17-,28-25+,29-26-,37-34+,46-43+. The number of nitrogens with one attached hydrogen (secondary N) is 1. The van der Waals surface area contributed by atoms with Gasteiger partial charge in [0, 0.05) is 6.42 Å². The molecule has 1 amide bonds. The second-order valence-corrected chi connectivity index (χ2v) is 18.2. The molecule has 0 saturated carbocycles. The van der Waals surface area contributed by atoms with Crippen LogP contribution in [0.5, 0.6) is 0 Å². The number of amides is 1. The lowest BCUT2D eigenvalue weighted by atomic mass is 10.0. The minimum absolute atomic E-state index is 0.0352. The summed E-state index contributed by atoms with van der Waals surface area (Å²) < 4.78 is 5.90. The maximum absolute atomic E-state index is 13.2. The van der Waals surface area contributed by atoms with E-state index in [1.54, 1.807) is 0 Å². The highest BCUT2D eigenvalue weighted by Gasteiger charge is 2.24. The van der Waals surface area contributed by atoms with Crippen molar-refractivity contribution in [1.82, 2.24) is 5.32 Å². The summed E-state index contributed by atoms with van der Waals surface area (Å²) >= 11 is 0. The third-order valence-corrected chi connectivity index (χ3v) is 12.0. The molecule has 0 aromatic carbocycles. The van der Waals surface area contributed by atoms with Gasteiger partial charge in [-0.05, 0) is 89.9 Å². The second kappa shape index (κ2) is 52.0. The number of aliphatic hydroxyl groups excluding tert-OH is 2. The Bertz CT molecular complexity index is 1250. The Morgan fingerprint density at radius 2 is 0.831 bits per heavy atom. The summed E-state index contributed by atoms with van der Waals surface area (Å²) in [6.45, 7) is 6.33. The first-order valence-corrected chi connectivity index (χ1v) is 27.3. The zero-order valence-corrected chi connectivity index (χ0v) is 42.6.